The zero-order valence-corrected chi connectivity index (χ0v) is 12.0. The van der Waals surface area contributed by atoms with E-state index in [1.54, 1.807) is 0 Å². The molecule has 2 aliphatic rings. The molecule has 0 spiro atoms. The van der Waals surface area contributed by atoms with E-state index >= 15 is 0 Å². The van der Waals surface area contributed by atoms with Gasteiger partial charge in [-0.15, -0.1) is 0 Å². The van der Waals surface area contributed by atoms with Crippen molar-refractivity contribution >= 4 is 16.6 Å². The zero-order chi connectivity index (χ0) is 14.1. The van der Waals surface area contributed by atoms with Crippen LogP contribution in [0.3, 0.4) is 0 Å². The van der Waals surface area contributed by atoms with Crippen LogP contribution >= 0.6 is 0 Å². The number of fused-ring (bicyclic) bond motifs is 1. The van der Waals surface area contributed by atoms with Crippen molar-refractivity contribution in [3.63, 3.8) is 0 Å². The van der Waals surface area contributed by atoms with Crippen molar-refractivity contribution in [2.24, 2.45) is 0 Å². The first-order chi connectivity index (χ1) is 10.4. The van der Waals surface area contributed by atoms with E-state index in [0.717, 1.165) is 37.9 Å². The molecule has 5 nitrogen and oxygen atoms in total. The highest BCUT2D eigenvalue weighted by Crippen LogP contribution is 2.27. The Bertz CT molecular complexity index is 623. The summed E-state index contributed by atoms with van der Waals surface area (Å²) in [6.07, 6.45) is 4.51. The number of ether oxygens (including phenoxy) is 1. The molecule has 2 heterocycles. The lowest BCUT2D eigenvalue weighted by Crippen LogP contribution is -2.51. The van der Waals surface area contributed by atoms with Gasteiger partial charge in [-0.05, 0) is 18.9 Å². The first-order valence-electron chi connectivity index (χ1n) is 7.70. The van der Waals surface area contributed by atoms with E-state index in [1.165, 1.54) is 23.9 Å². The van der Waals surface area contributed by atoms with Gasteiger partial charge in [0.25, 0.3) is 0 Å². The van der Waals surface area contributed by atoms with Crippen LogP contribution in [0.1, 0.15) is 12.8 Å². The SMILES string of the molecule is c1ccc2c(N3CCOCC3CNC3CC3)cnnc2c1. The number of aromatic nitrogens is 2. The van der Waals surface area contributed by atoms with E-state index in [9.17, 15) is 0 Å². The van der Waals surface area contributed by atoms with E-state index in [2.05, 4.69) is 32.5 Å². The fraction of sp³-hybridized carbons (Fsp3) is 0.500. The van der Waals surface area contributed by atoms with Crippen LogP contribution in [0, 0.1) is 0 Å². The maximum Gasteiger partial charge on any atom is 0.0950 e. The third kappa shape index (κ3) is 2.71. The molecule has 1 aliphatic heterocycles. The fourth-order valence-corrected chi connectivity index (χ4v) is 2.95. The summed E-state index contributed by atoms with van der Waals surface area (Å²) in [5, 5.41) is 13.2. The molecule has 1 unspecified atom stereocenters. The van der Waals surface area contributed by atoms with Crippen molar-refractivity contribution < 1.29 is 4.74 Å². The van der Waals surface area contributed by atoms with Gasteiger partial charge in [0.15, 0.2) is 0 Å². The molecular weight excluding hydrogens is 264 g/mol. The number of anilines is 1. The lowest BCUT2D eigenvalue weighted by molar-refractivity contribution is 0.0937. The van der Waals surface area contributed by atoms with Crippen LogP contribution in [-0.2, 0) is 4.74 Å². The number of nitrogens with one attached hydrogen (secondary N) is 1. The maximum absolute atomic E-state index is 5.68. The summed E-state index contributed by atoms with van der Waals surface area (Å²) >= 11 is 0. The van der Waals surface area contributed by atoms with Crippen molar-refractivity contribution in [2.75, 3.05) is 31.2 Å². The van der Waals surface area contributed by atoms with Gasteiger partial charge in [-0.1, -0.05) is 18.2 Å². The largest absolute Gasteiger partial charge is 0.377 e. The Morgan fingerprint density at radius 3 is 3.10 bits per heavy atom. The molecule has 4 rings (SSSR count). The molecule has 1 atom stereocenters. The topological polar surface area (TPSA) is 50.3 Å². The van der Waals surface area contributed by atoms with Crippen molar-refractivity contribution in [1.82, 2.24) is 15.5 Å². The molecule has 21 heavy (non-hydrogen) atoms. The normalized spacial score (nSPS) is 22.7. The number of nitrogens with zero attached hydrogens (tertiary/aromatic N) is 3. The Balaban J connectivity index is 1.63. The van der Waals surface area contributed by atoms with Crippen LogP contribution in [0.4, 0.5) is 5.69 Å². The Morgan fingerprint density at radius 2 is 2.19 bits per heavy atom. The van der Waals surface area contributed by atoms with Crippen molar-refractivity contribution in [3.8, 4) is 0 Å². The number of hydrogen-bond donors (Lipinski definition) is 1. The third-order valence-electron chi connectivity index (χ3n) is 4.28. The lowest BCUT2D eigenvalue weighted by atomic mass is 10.1. The minimum absolute atomic E-state index is 0.368. The molecule has 1 saturated heterocycles. The van der Waals surface area contributed by atoms with E-state index in [-0.39, 0.29) is 0 Å². The molecule has 110 valence electrons. The fourth-order valence-electron chi connectivity index (χ4n) is 2.95. The van der Waals surface area contributed by atoms with E-state index in [1.807, 2.05) is 18.3 Å². The second-order valence-corrected chi connectivity index (χ2v) is 5.85. The van der Waals surface area contributed by atoms with Gasteiger partial charge in [0.1, 0.15) is 0 Å². The first kappa shape index (κ1) is 13.0. The highest BCUT2D eigenvalue weighted by atomic mass is 16.5. The molecule has 0 amide bonds. The molecule has 2 fully saturated rings. The standard InChI is InChI=1S/C16H20N4O/c1-2-4-15-14(3-1)16(10-18-19-15)20-7-8-21-11-13(20)9-17-12-5-6-12/h1-4,10,12-13,17H,5-9,11H2. The van der Waals surface area contributed by atoms with Gasteiger partial charge in [-0.2, -0.15) is 10.2 Å². The smallest absolute Gasteiger partial charge is 0.0950 e. The quantitative estimate of drug-likeness (QED) is 0.924. The van der Waals surface area contributed by atoms with E-state index in [0.29, 0.717) is 6.04 Å². The molecule has 0 bridgehead atoms. The zero-order valence-electron chi connectivity index (χ0n) is 12.0. The molecule has 1 aromatic carbocycles. The number of rotatable bonds is 4. The van der Waals surface area contributed by atoms with Crippen LogP contribution in [0.5, 0.6) is 0 Å². The molecule has 5 heteroatoms. The summed E-state index contributed by atoms with van der Waals surface area (Å²) in [5.74, 6) is 0. The summed E-state index contributed by atoms with van der Waals surface area (Å²) in [4.78, 5) is 2.43. The molecule has 2 aromatic rings. The van der Waals surface area contributed by atoms with Gasteiger partial charge in [-0.25, -0.2) is 0 Å². The van der Waals surface area contributed by atoms with Gasteiger partial charge < -0.3 is 15.0 Å². The molecule has 1 aromatic heterocycles. The Hall–Kier alpha value is -1.72. The first-order valence-corrected chi connectivity index (χ1v) is 7.70. The summed E-state index contributed by atoms with van der Waals surface area (Å²) in [7, 11) is 0. The average molecular weight is 284 g/mol. The highest BCUT2D eigenvalue weighted by Gasteiger charge is 2.28. The highest BCUT2D eigenvalue weighted by molar-refractivity contribution is 5.90. The monoisotopic (exact) mass is 284 g/mol. The predicted octanol–water partition coefficient (Wildman–Crippen LogP) is 1.59. The predicted molar refractivity (Wildman–Crippen MR) is 82.5 cm³/mol. The number of hydrogen-bond acceptors (Lipinski definition) is 5. The van der Waals surface area contributed by atoms with E-state index in [4.69, 9.17) is 4.74 Å². The summed E-state index contributed by atoms with van der Waals surface area (Å²) in [5.41, 5.74) is 2.13. The average Bonchev–Trinajstić information content (AvgIpc) is 3.37. The Labute approximate surface area is 124 Å². The van der Waals surface area contributed by atoms with E-state index < -0.39 is 0 Å². The summed E-state index contributed by atoms with van der Waals surface area (Å²) < 4.78 is 5.68. The minimum Gasteiger partial charge on any atom is -0.377 e. The summed E-state index contributed by atoms with van der Waals surface area (Å²) in [6, 6.07) is 9.30. The third-order valence-corrected chi connectivity index (χ3v) is 4.28. The van der Waals surface area contributed by atoms with Crippen molar-refractivity contribution in [1.29, 1.82) is 0 Å². The molecule has 1 aliphatic carbocycles. The minimum atomic E-state index is 0.368. The molecule has 0 radical (unpaired) electrons. The summed E-state index contributed by atoms with van der Waals surface area (Å²) in [6.45, 7) is 3.43. The molecule has 1 N–H and O–H groups in total. The number of morpholine rings is 1. The van der Waals surface area contributed by atoms with Crippen LogP contribution in [-0.4, -0.2) is 48.6 Å². The second-order valence-electron chi connectivity index (χ2n) is 5.85. The number of benzene rings is 1. The van der Waals surface area contributed by atoms with Gasteiger partial charge in [0.05, 0.1) is 36.7 Å². The van der Waals surface area contributed by atoms with Crippen LogP contribution in [0.25, 0.3) is 10.9 Å². The van der Waals surface area contributed by atoms with Gasteiger partial charge in [-0.3, -0.25) is 0 Å². The molecule has 1 saturated carbocycles. The van der Waals surface area contributed by atoms with Crippen LogP contribution in [0.2, 0.25) is 0 Å². The van der Waals surface area contributed by atoms with Crippen LogP contribution in [0.15, 0.2) is 30.5 Å². The Morgan fingerprint density at radius 1 is 1.29 bits per heavy atom. The Kier molecular flexibility index (Phi) is 3.45. The van der Waals surface area contributed by atoms with Gasteiger partial charge >= 0.3 is 0 Å². The second kappa shape index (κ2) is 5.58. The van der Waals surface area contributed by atoms with Crippen molar-refractivity contribution in [3.05, 3.63) is 30.5 Å². The van der Waals surface area contributed by atoms with Gasteiger partial charge in [0, 0.05) is 24.5 Å². The lowest BCUT2D eigenvalue weighted by Gasteiger charge is -2.37. The maximum atomic E-state index is 5.68. The van der Waals surface area contributed by atoms with Crippen LogP contribution < -0.4 is 10.2 Å². The van der Waals surface area contributed by atoms with Gasteiger partial charge in [0.2, 0.25) is 0 Å². The van der Waals surface area contributed by atoms with Crippen molar-refractivity contribution in [2.45, 2.75) is 24.9 Å². The molecular formula is C16H20N4O.